The molecule has 0 unspecified atom stereocenters. The van der Waals surface area contributed by atoms with Gasteiger partial charge in [-0.05, 0) is 12.1 Å². The van der Waals surface area contributed by atoms with Crippen LogP contribution < -0.4 is 5.73 Å². The van der Waals surface area contributed by atoms with Gasteiger partial charge in [-0.2, -0.15) is 0 Å². The quantitative estimate of drug-likeness (QED) is 0.633. The van der Waals surface area contributed by atoms with E-state index in [2.05, 4.69) is 11.8 Å². The third-order valence-corrected chi connectivity index (χ3v) is 2.31. The molecule has 3 N–H and O–H groups in total. The van der Waals surface area contributed by atoms with Crippen LogP contribution in [-0.4, -0.2) is 11.1 Å². The summed E-state index contributed by atoms with van der Waals surface area (Å²) >= 11 is 11.6. The molecule has 0 amide bonds. The van der Waals surface area contributed by atoms with Crippen LogP contribution in [0.2, 0.25) is 10.0 Å². The van der Waals surface area contributed by atoms with E-state index in [1.54, 1.807) is 6.07 Å². The first kappa shape index (κ1) is 12.7. The Morgan fingerprint density at radius 2 is 2.12 bits per heavy atom. The number of hydrogen-bond acceptors (Lipinski definition) is 2. The molecule has 1 rings (SSSR count). The van der Waals surface area contributed by atoms with Crippen molar-refractivity contribution in [3.05, 3.63) is 27.7 Å². The van der Waals surface area contributed by atoms with Gasteiger partial charge in [0.05, 0.1) is 22.7 Å². The summed E-state index contributed by atoms with van der Waals surface area (Å²) in [6, 6.07) is 3.12. The van der Waals surface area contributed by atoms with Crippen LogP contribution in [0.4, 0.5) is 5.69 Å². The first-order chi connectivity index (χ1) is 7.50. The van der Waals surface area contributed by atoms with E-state index in [0.717, 1.165) is 0 Å². The van der Waals surface area contributed by atoms with Crippen molar-refractivity contribution in [2.24, 2.45) is 0 Å². The molecular formula is C11H9Cl2NO2. The minimum Gasteiger partial charge on any atom is -0.481 e. The number of rotatable bonds is 2. The molecule has 0 radical (unpaired) electrons. The fourth-order valence-corrected chi connectivity index (χ4v) is 1.51. The predicted octanol–water partition coefficient (Wildman–Crippen LogP) is 2.79. The molecule has 0 aliphatic rings. The van der Waals surface area contributed by atoms with E-state index in [9.17, 15) is 4.79 Å². The molecule has 0 atom stereocenters. The Labute approximate surface area is 103 Å². The lowest BCUT2D eigenvalue weighted by molar-refractivity contribution is -0.136. The maximum absolute atomic E-state index is 10.3. The Balaban J connectivity index is 2.84. The summed E-state index contributed by atoms with van der Waals surface area (Å²) in [5.41, 5.74) is 6.56. The topological polar surface area (TPSA) is 63.3 Å². The zero-order valence-corrected chi connectivity index (χ0v) is 9.77. The lowest BCUT2D eigenvalue weighted by Gasteiger charge is -2.01. The van der Waals surface area contributed by atoms with E-state index in [0.29, 0.717) is 21.3 Å². The Morgan fingerprint density at radius 3 is 2.75 bits per heavy atom. The maximum atomic E-state index is 10.3. The Kier molecular flexibility index (Phi) is 4.48. The molecule has 3 nitrogen and oxygen atoms in total. The molecule has 1 aromatic rings. The van der Waals surface area contributed by atoms with Gasteiger partial charge < -0.3 is 10.8 Å². The van der Waals surface area contributed by atoms with Crippen LogP contribution in [0.5, 0.6) is 0 Å². The summed E-state index contributed by atoms with van der Waals surface area (Å²) in [6.07, 6.45) is 0.264. The summed E-state index contributed by atoms with van der Waals surface area (Å²) in [7, 11) is 0. The summed E-state index contributed by atoms with van der Waals surface area (Å²) in [5.74, 6) is 4.56. The third-order valence-electron chi connectivity index (χ3n) is 1.78. The monoisotopic (exact) mass is 257 g/mol. The average molecular weight is 258 g/mol. The second-order valence-electron chi connectivity index (χ2n) is 3.04. The van der Waals surface area contributed by atoms with E-state index in [4.69, 9.17) is 34.0 Å². The number of carboxylic acids is 1. The molecule has 0 heterocycles. The maximum Gasteiger partial charge on any atom is 0.304 e. The zero-order chi connectivity index (χ0) is 12.1. The molecule has 0 aromatic heterocycles. The first-order valence-electron chi connectivity index (χ1n) is 4.46. The molecule has 1 aromatic carbocycles. The molecule has 0 saturated heterocycles. The Bertz CT molecular complexity index is 475. The van der Waals surface area contributed by atoms with Crippen molar-refractivity contribution in [1.82, 2.24) is 0 Å². The van der Waals surface area contributed by atoms with Crippen molar-refractivity contribution < 1.29 is 9.90 Å². The number of carboxylic acid groups (broad SMARTS) is 1. The van der Waals surface area contributed by atoms with Crippen LogP contribution in [-0.2, 0) is 4.79 Å². The number of benzene rings is 1. The van der Waals surface area contributed by atoms with Gasteiger partial charge in [0.15, 0.2) is 0 Å². The van der Waals surface area contributed by atoms with Crippen molar-refractivity contribution in [1.29, 1.82) is 0 Å². The van der Waals surface area contributed by atoms with Crippen LogP contribution >= 0.6 is 23.2 Å². The minimum absolute atomic E-state index is 0.00119. The van der Waals surface area contributed by atoms with E-state index < -0.39 is 5.97 Å². The molecule has 0 fully saturated rings. The largest absolute Gasteiger partial charge is 0.481 e. The van der Waals surface area contributed by atoms with Gasteiger partial charge >= 0.3 is 5.97 Å². The highest BCUT2D eigenvalue weighted by atomic mass is 35.5. The van der Waals surface area contributed by atoms with E-state index in [1.807, 2.05) is 0 Å². The van der Waals surface area contributed by atoms with Crippen LogP contribution in [0.25, 0.3) is 0 Å². The molecule has 16 heavy (non-hydrogen) atoms. The highest BCUT2D eigenvalue weighted by Crippen LogP contribution is 2.26. The highest BCUT2D eigenvalue weighted by molar-refractivity contribution is 6.36. The zero-order valence-electron chi connectivity index (χ0n) is 8.26. The molecule has 0 bridgehead atoms. The second kappa shape index (κ2) is 5.64. The predicted molar refractivity (Wildman–Crippen MR) is 64.6 cm³/mol. The summed E-state index contributed by atoms with van der Waals surface area (Å²) < 4.78 is 0. The fourth-order valence-electron chi connectivity index (χ4n) is 1.02. The summed E-state index contributed by atoms with van der Waals surface area (Å²) in [5, 5.41) is 9.21. The highest BCUT2D eigenvalue weighted by Gasteiger charge is 2.03. The smallest absolute Gasteiger partial charge is 0.304 e. The SMILES string of the molecule is Nc1c(Cl)cc(Cl)cc1C#CCCC(=O)O. The molecule has 0 saturated carbocycles. The molecule has 0 aliphatic heterocycles. The number of halogens is 2. The van der Waals surface area contributed by atoms with Crippen molar-refractivity contribution in [2.45, 2.75) is 12.8 Å². The number of nitrogens with two attached hydrogens (primary N) is 1. The Morgan fingerprint density at radius 1 is 1.44 bits per heavy atom. The average Bonchev–Trinajstić information content (AvgIpc) is 2.19. The van der Waals surface area contributed by atoms with Gasteiger partial charge in [-0.1, -0.05) is 35.0 Å². The first-order valence-corrected chi connectivity index (χ1v) is 5.21. The molecule has 84 valence electrons. The van der Waals surface area contributed by atoms with Gasteiger partial charge in [0, 0.05) is 11.4 Å². The van der Waals surface area contributed by atoms with E-state index >= 15 is 0 Å². The van der Waals surface area contributed by atoms with Gasteiger partial charge in [-0.15, -0.1) is 0 Å². The number of nitrogen functional groups attached to an aromatic ring is 1. The summed E-state index contributed by atoms with van der Waals surface area (Å²) in [4.78, 5) is 10.3. The second-order valence-corrected chi connectivity index (χ2v) is 3.89. The number of aliphatic carboxylic acids is 1. The van der Waals surface area contributed by atoms with Gasteiger partial charge in [-0.25, -0.2) is 0 Å². The lowest BCUT2D eigenvalue weighted by atomic mass is 10.2. The van der Waals surface area contributed by atoms with Crippen LogP contribution in [0.1, 0.15) is 18.4 Å². The normalized spacial score (nSPS) is 9.38. The van der Waals surface area contributed by atoms with Gasteiger partial charge in [0.25, 0.3) is 0 Å². The molecule has 0 spiro atoms. The van der Waals surface area contributed by atoms with Gasteiger partial charge in [0.2, 0.25) is 0 Å². The molecule has 0 aliphatic carbocycles. The number of anilines is 1. The Hall–Kier alpha value is -1.37. The standard InChI is InChI=1S/C11H9Cl2NO2/c12-8-5-7(11(14)9(13)6-8)3-1-2-4-10(15)16/h5-6H,2,4,14H2,(H,15,16). The van der Waals surface area contributed by atoms with Crippen molar-refractivity contribution >= 4 is 34.9 Å². The number of carbonyl (C=O) groups is 1. The van der Waals surface area contributed by atoms with Crippen LogP contribution in [0, 0.1) is 11.8 Å². The third kappa shape index (κ3) is 3.65. The van der Waals surface area contributed by atoms with E-state index in [1.165, 1.54) is 6.07 Å². The van der Waals surface area contributed by atoms with Gasteiger partial charge in [0.1, 0.15) is 0 Å². The van der Waals surface area contributed by atoms with Crippen LogP contribution in [0.15, 0.2) is 12.1 Å². The fraction of sp³-hybridized carbons (Fsp3) is 0.182. The summed E-state index contributed by atoms with van der Waals surface area (Å²) in [6.45, 7) is 0. The minimum atomic E-state index is -0.883. The lowest BCUT2D eigenvalue weighted by Crippen LogP contribution is -1.93. The molecular weight excluding hydrogens is 249 g/mol. The van der Waals surface area contributed by atoms with Gasteiger partial charge in [-0.3, -0.25) is 4.79 Å². The van der Waals surface area contributed by atoms with Crippen LogP contribution in [0.3, 0.4) is 0 Å². The van der Waals surface area contributed by atoms with Crippen molar-refractivity contribution in [2.75, 3.05) is 5.73 Å². The molecule has 5 heteroatoms. The van der Waals surface area contributed by atoms with E-state index in [-0.39, 0.29) is 12.8 Å². The van der Waals surface area contributed by atoms with Crippen molar-refractivity contribution in [3.63, 3.8) is 0 Å². The van der Waals surface area contributed by atoms with Crippen molar-refractivity contribution in [3.8, 4) is 11.8 Å². The number of hydrogen-bond donors (Lipinski definition) is 2.